The van der Waals surface area contributed by atoms with Crippen LogP contribution in [0.4, 0.5) is 0 Å². The summed E-state index contributed by atoms with van der Waals surface area (Å²) < 4.78 is 5.14. The molecule has 0 fully saturated rings. The molecule has 0 unspecified atom stereocenters. The van der Waals surface area contributed by atoms with Crippen LogP contribution in [-0.4, -0.2) is 36.5 Å². The molecule has 0 aromatic heterocycles. The minimum Gasteiger partial charge on any atom is -0.496 e. The number of carbonyl (C=O) groups is 1. The number of rotatable bonds is 5. The normalized spacial score (nSPS) is 9.76. The van der Waals surface area contributed by atoms with Gasteiger partial charge in [-0.25, -0.2) is 0 Å². The predicted molar refractivity (Wildman–Crippen MR) is 71.4 cm³/mol. The molecule has 5 heteroatoms. The van der Waals surface area contributed by atoms with E-state index in [1.54, 1.807) is 37.3 Å². The molecule has 2 N–H and O–H groups in total. The Bertz CT molecular complexity index is 421. The first-order valence-corrected chi connectivity index (χ1v) is 5.64. The number of thiocarbonyl (C=S) groups is 1. The molecule has 1 aromatic carbocycles. The van der Waals surface area contributed by atoms with Crippen LogP contribution in [-0.2, 0) is 0 Å². The molecule has 0 saturated carbocycles. The van der Waals surface area contributed by atoms with Gasteiger partial charge in [0.2, 0.25) is 0 Å². The van der Waals surface area contributed by atoms with Crippen molar-refractivity contribution in [2.45, 2.75) is 6.42 Å². The van der Waals surface area contributed by atoms with E-state index in [0.29, 0.717) is 29.3 Å². The Kier molecular flexibility index (Phi) is 4.90. The Hall–Kier alpha value is -1.62. The van der Waals surface area contributed by atoms with E-state index in [-0.39, 0.29) is 5.91 Å². The van der Waals surface area contributed by atoms with Gasteiger partial charge in [0.1, 0.15) is 5.75 Å². The Balaban J connectivity index is 2.77. The van der Waals surface area contributed by atoms with Crippen molar-refractivity contribution < 1.29 is 9.53 Å². The maximum atomic E-state index is 12.1. The molecule has 1 amide bonds. The van der Waals surface area contributed by atoms with E-state index in [9.17, 15) is 4.79 Å². The van der Waals surface area contributed by atoms with Crippen molar-refractivity contribution in [1.82, 2.24) is 4.90 Å². The summed E-state index contributed by atoms with van der Waals surface area (Å²) in [5.74, 6) is 0.471. The average molecular weight is 252 g/mol. The Morgan fingerprint density at radius 2 is 2.12 bits per heavy atom. The summed E-state index contributed by atoms with van der Waals surface area (Å²) in [5.41, 5.74) is 5.95. The van der Waals surface area contributed by atoms with Crippen molar-refractivity contribution in [3.8, 4) is 5.75 Å². The number of hydrogen-bond donors (Lipinski definition) is 1. The highest BCUT2D eigenvalue weighted by atomic mass is 32.1. The van der Waals surface area contributed by atoms with Crippen molar-refractivity contribution >= 4 is 23.1 Å². The fraction of sp³-hybridized carbons (Fsp3) is 0.333. The number of hydrogen-bond acceptors (Lipinski definition) is 3. The largest absolute Gasteiger partial charge is 0.496 e. The minimum atomic E-state index is -0.0984. The molecule has 17 heavy (non-hydrogen) atoms. The number of amides is 1. The van der Waals surface area contributed by atoms with Gasteiger partial charge < -0.3 is 15.4 Å². The SMILES string of the molecule is COc1ccccc1C(=O)N(C)CCC(N)=S. The van der Waals surface area contributed by atoms with Crippen LogP contribution in [0.2, 0.25) is 0 Å². The lowest BCUT2D eigenvalue weighted by Gasteiger charge is -2.18. The van der Waals surface area contributed by atoms with Crippen LogP contribution in [0.25, 0.3) is 0 Å². The first kappa shape index (κ1) is 13.4. The maximum absolute atomic E-state index is 12.1. The third kappa shape index (κ3) is 3.71. The van der Waals surface area contributed by atoms with E-state index in [0.717, 1.165) is 0 Å². The highest BCUT2D eigenvalue weighted by molar-refractivity contribution is 7.80. The number of para-hydroxylation sites is 1. The van der Waals surface area contributed by atoms with Gasteiger partial charge >= 0.3 is 0 Å². The second-order valence-corrected chi connectivity index (χ2v) is 4.17. The van der Waals surface area contributed by atoms with Crippen molar-refractivity contribution in [1.29, 1.82) is 0 Å². The zero-order valence-electron chi connectivity index (χ0n) is 9.97. The van der Waals surface area contributed by atoms with Gasteiger partial charge in [0, 0.05) is 20.0 Å². The maximum Gasteiger partial charge on any atom is 0.257 e. The number of ether oxygens (including phenoxy) is 1. The van der Waals surface area contributed by atoms with Gasteiger partial charge in [0.15, 0.2) is 0 Å². The third-order valence-electron chi connectivity index (χ3n) is 2.38. The third-order valence-corrected chi connectivity index (χ3v) is 2.58. The lowest BCUT2D eigenvalue weighted by molar-refractivity contribution is 0.0795. The molecule has 0 heterocycles. The standard InChI is InChI=1S/C12H16N2O2S/c1-14(8-7-11(13)17)12(15)9-5-3-4-6-10(9)16-2/h3-6H,7-8H2,1-2H3,(H2,13,17). The predicted octanol–water partition coefficient (Wildman–Crippen LogP) is 1.44. The molecule has 0 atom stereocenters. The Morgan fingerprint density at radius 1 is 1.47 bits per heavy atom. The molecule has 0 radical (unpaired) electrons. The van der Waals surface area contributed by atoms with Crippen molar-refractivity contribution in [2.24, 2.45) is 5.73 Å². The molecule has 0 aliphatic heterocycles. The van der Waals surface area contributed by atoms with Crippen LogP contribution in [0.15, 0.2) is 24.3 Å². The molecule has 0 aliphatic rings. The minimum absolute atomic E-state index is 0.0984. The summed E-state index contributed by atoms with van der Waals surface area (Å²) in [6, 6.07) is 7.12. The summed E-state index contributed by atoms with van der Waals surface area (Å²) in [6.45, 7) is 0.506. The molecule has 0 bridgehead atoms. The van der Waals surface area contributed by atoms with E-state index in [2.05, 4.69) is 0 Å². The first-order chi connectivity index (χ1) is 8.06. The topological polar surface area (TPSA) is 55.6 Å². The lowest BCUT2D eigenvalue weighted by atomic mass is 10.1. The second kappa shape index (κ2) is 6.20. The number of carbonyl (C=O) groups excluding carboxylic acids is 1. The van der Waals surface area contributed by atoms with E-state index in [1.165, 1.54) is 0 Å². The van der Waals surface area contributed by atoms with Crippen molar-refractivity contribution in [2.75, 3.05) is 20.7 Å². The number of nitrogens with zero attached hydrogens (tertiary/aromatic N) is 1. The van der Waals surface area contributed by atoms with Gasteiger partial charge in [-0.1, -0.05) is 24.4 Å². The van der Waals surface area contributed by atoms with Gasteiger partial charge in [-0.2, -0.15) is 0 Å². The average Bonchev–Trinajstić information content (AvgIpc) is 2.34. The molecule has 1 rings (SSSR count). The molecule has 92 valence electrons. The smallest absolute Gasteiger partial charge is 0.257 e. The van der Waals surface area contributed by atoms with Crippen LogP contribution < -0.4 is 10.5 Å². The summed E-state index contributed by atoms with van der Waals surface area (Å²) >= 11 is 4.78. The monoisotopic (exact) mass is 252 g/mol. The molecule has 0 aliphatic carbocycles. The molecule has 0 spiro atoms. The second-order valence-electron chi connectivity index (χ2n) is 3.64. The van der Waals surface area contributed by atoms with Crippen molar-refractivity contribution in [3.63, 3.8) is 0 Å². The Labute approximate surface area is 106 Å². The fourth-order valence-electron chi connectivity index (χ4n) is 1.41. The van der Waals surface area contributed by atoms with Crippen LogP contribution in [0, 0.1) is 0 Å². The molecular weight excluding hydrogens is 236 g/mol. The molecule has 4 nitrogen and oxygen atoms in total. The van der Waals surface area contributed by atoms with E-state index in [4.69, 9.17) is 22.7 Å². The zero-order chi connectivity index (χ0) is 12.8. The highest BCUT2D eigenvalue weighted by Crippen LogP contribution is 2.18. The molecule has 0 saturated heterocycles. The van der Waals surface area contributed by atoms with Gasteiger partial charge in [-0.15, -0.1) is 0 Å². The van der Waals surface area contributed by atoms with Gasteiger partial charge in [-0.05, 0) is 12.1 Å². The molecular formula is C12H16N2O2S. The van der Waals surface area contributed by atoms with Gasteiger partial charge in [0.05, 0.1) is 17.7 Å². The van der Waals surface area contributed by atoms with Crippen LogP contribution in [0.5, 0.6) is 5.75 Å². The summed E-state index contributed by atoms with van der Waals surface area (Å²) in [4.78, 5) is 14.1. The Morgan fingerprint density at radius 3 is 2.71 bits per heavy atom. The highest BCUT2D eigenvalue weighted by Gasteiger charge is 2.15. The number of nitrogens with two attached hydrogens (primary N) is 1. The summed E-state index contributed by atoms with van der Waals surface area (Å²) in [6.07, 6.45) is 0.521. The summed E-state index contributed by atoms with van der Waals surface area (Å²) in [5, 5.41) is 0. The van der Waals surface area contributed by atoms with Gasteiger partial charge in [-0.3, -0.25) is 4.79 Å². The summed E-state index contributed by atoms with van der Waals surface area (Å²) in [7, 11) is 3.26. The molecule has 1 aromatic rings. The van der Waals surface area contributed by atoms with E-state index >= 15 is 0 Å². The van der Waals surface area contributed by atoms with Crippen LogP contribution in [0.3, 0.4) is 0 Å². The van der Waals surface area contributed by atoms with Gasteiger partial charge in [0.25, 0.3) is 5.91 Å². The quantitative estimate of drug-likeness (QED) is 0.806. The van der Waals surface area contributed by atoms with Crippen LogP contribution >= 0.6 is 12.2 Å². The number of methoxy groups -OCH3 is 1. The number of benzene rings is 1. The fourth-order valence-corrected chi connectivity index (χ4v) is 1.50. The lowest BCUT2D eigenvalue weighted by Crippen LogP contribution is -2.30. The van der Waals surface area contributed by atoms with Crippen LogP contribution in [0.1, 0.15) is 16.8 Å². The zero-order valence-corrected chi connectivity index (χ0v) is 10.8. The van der Waals surface area contributed by atoms with E-state index < -0.39 is 0 Å². The van der Waals surface area contributed by atoms with E-state index in [1.807, 2.05) is 6.07 Å². The first-order valence-electron chi connectivity index (χ1n) is 5.23. The van der Waals surface area contributed by atoms with Crippen molar-refractivity contribution in [3.05, 3.63) is 29.8 Å².